The van der Waals surface area contributed by atoms with E-state index in [2.05, 4.69) is 63.1 Å². The van der Waals surface area contributed by atoms with Crippen molar-refractivity contribution < 1.29 is 4.79 Å². The zero-order valence-electron chi connectivity index (χ0n) is 15.5. The van der Waals surface area contributed by atoms with Gasteiger partial charge in [-0.3, -0.25) is 0 Å². The van der Waals surface area contributed by atoms with Gasteiger partial charge in [-0.2, -0.15) is 0 Å². The summed E-state index contributed by atoms with van der Waals surface area (Å²) in [4.78, 5) is 18.1. The highest BCUT2D eigenvalue weighted by atomic mass is 16.2. The van der Waals surface area contributed by atoms with Gasteiger partial charge in [0.2, 0.25) is 0 Å². The summed E-state index contributed by atoms with van der Waals surface area (Å²) >= 11 is 0. The summed E-state index contributed by atoms with van der Waals surface area (Å²) in [7, 11) is 0. The molecule has 0 fully saturated rings. The molecule has 0 atom stereocenters. The average molecular weight is 327 g/mol. The zero-order chi connectivity index (χ0) is 17.5. The number of nitrogens with zero attached hydrogens (tertiary/aromatic N) is 1. The maximum Gasteiger partial charge on any atom is 0.318 e. The van der Waals surface area contributed by atoms with Crippen molar-refractivity contribution in [3.63, 3.8) is 0 Å². The minimum atomic E-state index is -0.212. The summed E-state index contributed by atoms with van der Waals surface area (Å²) in [6.07, 6.45) is 1.85. The van der Waals surface area contributed by atoms with E-state index in [-0.39, 0.29) is 17.0 Å². The Balaban J connectivity index is 1.72. The molecule has 0 unspecified atom stereocenters. The van der Waals surface area contributed by atoms with E-state index in [1.54, 1.807) is 0 Å². The molecule has 0 spiro atoms. The number of hydrogen-bond donors (Lipinski definition) is 2. The van der Waals surface area contributed by atoms with Crippen molar-refractivity contribution in [1.82, 2.24) is 15.2 Å². The molecule has 1 aliphatic heterocycles. The van der Waals surface area contributed by atoms with Crippen LogP contribution in [0.1, 0.15) is 52.3 Å². The van der Waals surface area contributed by atoms with Crippen LogP contribution in [0, 0.1) is 5.41 Å². The van der Waals surface area contributed by atoms with E-state index < -0.39 is 0 Å². The summed E-state index contributed by atoms with van der Waals surface area (Å²) in [6.45, 7) is 12.3. The Kier molecular flexibility index (Phi) is 4.10. The number of amides is 2. The number of nitrogens with one attached hydrogen (secondary N) is 2. The van der Waals surface area contributed by atoms with Crippen LogP contribution in [0.5, 0.6) is 0 Å². The number of hydrogen-bond acceptors (Lipinski definition) is 1. The summed E-state index contributed by atoms with van der Waals surface area (Å²) in [5.41, 5.74) is 3.67. The Bertz CT molecular complexity index is 752. The van der Waals surface area contributed by atoms with E-state index in [1.165, 1.54) is 16.6 Å². The van der Waals surface area contributed by atoms with Gasteiger partial charge in [0.1, 0.15) is 0 Å². The second-order valence-electron chi connectivity index (χ2n) is 8.85. The number of carbonyl (C=O) groups excluding carboxylic acids is 1. The van der Waals surface area contributed by atoms with Crippen LogP contribution in [0.4, 0.5) is 4.79 Å². The lowest BCUT2D eigenvalue weighted by Crippen LogP contribution is -2.52. The van der Waals surface area contributed by atoms with E-state index >= 15 is 0 Å². The first kappa shape index (κ1) is 16.9. The molecule has 4 heteroatoms. The maximum absolute atomic E-state index is 12.7. The average Bonchev–Trinajstić information content (AvgIpc) is 2.81. The SMILES string of the molecule is CC(C)(C)CC(C)(C)NC(=O)N1CCc2c([nH]c3ccccc23)C1. The molecule has 0 aliphatic carbocycles. The van der Waals surface area contributed by atoms with Crippen molar-refractivity contribution in [2.45, 2.75) is 59.5 Å². The van der Waals surface area contributed by atoms with E-state index in [0.29, 0.717) is 6.54 Å². The number of para-hydroxylation sites is 1. The van der Waals surface area contributed by atoms with Crippen molar-refractivity contribution >= 4 is 16.9 Å². The molecule has 2 heterocycles. The van der Waals surface area contributed by atoms with Gasteiger partial charge < -0.3 is 15.2 Å². The number of benzene rings is 1. The third-order valence-corrected chi connectivity index (χ3v) is 4.59. The highest BCUT2D eigenvalue weighted by molar-refractivity contribution is 5.85. The van der Waals surface area contributed by atoms with Crippen LogP contribution >= 0.6 is 0 Å². The Hall–Kier alpha value is -1.97. The third kappa shape index (κ3) is 3.58. The number of H-pyrrole nitrogens is 1. The Labute approximate surface area is 144 Å². The molecule has 1 aliphatic rings. The smallest absolute Gasteiger partial charge is 0.318 e. The molecule has 2 amide bonds. The van der Waals surface area contributed by atoms with Crippen LogP contribution in [-0.4, -0.2) is 28.0 Å². The lowest BCUT2D eigenvalue weighted by atomic mass is 9.82. The molecule has 4 nitrogen and oxygen atoms in total. The van der Waals surface area contributed by atoms with Crippen LogP contribution in [-0.2, 0) is 13.0 Å². The molecule has 0 bridgehead atoms. The predicted molar refractivity (Wildman–Crippen MR) is 99.1 cm³/mol. The molecule has 1 aromatic heterocycles. The summed E-state index contributed by atoms with van der Waals surface area (Å²) in [5, 5.41) is 4.51. The van der Waals surface area contributed by atoms with Gasteiger partial charge in [0.25, 0.3) is 0 Å². The van der Waals surface area contributed by atoms with Crippen molar-refractivity contribution in [2.75, 3.05) is 6.54 Å². The minimum Gasteiger partial charge on any atom is -0.357 e. The fourth-order valence-electron chi connectivity index (χ4n) is 4.10. The molecule has 0 saturated carbocycles. The summed E-state index contributed by atoms with van der Waals surface area (Å²) in [6, 6.07) is 8.42. The Morgan fingerprint density at radius 1 is 1.21 bits per heavy atom. The molecule has 24 heavy (non-hydrogen) atoms. The van der Waals surface area contributed by atoms with Crippen LogP contribution < -0.4 is 5.32 Å². The molecule has 0 saturated heterocycles. The van der Waals surface area contributed by atoms with Crippen molar-refractivity contribution in [2.24, 2.45) is 5.41 Å². The van der Waals surface area contributed by atoms with Crippen molar-refractivity contribution in [3.05, 3.63) is 35.5 Å². The maximum atomic E-state index is 12.7. The van der Waals surface area contributed by atoms with Gasteiger partial charge in [-0.05, 0) is 43.7 Å². The second-order valence-corrected chi connectivity index (χ2v) is 8.85. The van der Waals surface area contributed by atoms with Crippen LogP contribution in [0.3, 0.4) is 0 Å². The van der Waals surface area contributed by atoms with Gasteiger partial charge in [-0.25, -0.2) is 4.79 Å². The molecule has 3 rings (SSSR count). The lowest BCUT2D eigenvalue weighted by molar-refractivity contribution is 0.169. The zero-order valence-corrected chi connectivity index (χ0v) is 15.5. The normalized spacial score (nSPS) is 15.5. The molecule has 1 aromatic carbocycles. The van der Waals surface area contributed by atoms with Gasteiger partial charge in [0, 0.05) is 28.7 Å². The predicted octanol–water partition coefficient (Wildman–Crippen LogP) is 4.45. The summed E-state index contributed by atoms with van der Waals surface area (Å²) in [5.74, 6) is 0. The monoisotopic (exact) mass is 327 g/mol. The largest absolute Gasteiger partial charge is 0.357 e. The van der Waals surface area contributed by atoms with Crippen molar-refractivity contribution in [3.8, 4) is 0 Å². The highest BCUT2D eigenvalue weighted by Gasteiger charge is 2.30. The number of urea groups is 1. The Morgan fingerprint density at radius 3 is 2.62 bits per heavy atom. The number of aromatic nitrogens is 1. The number of carbonyl (C=O) groups is 1. The van der Waals surface area contributed by atoms with Gasteiger partial charge in [0.15, 0.2) is 0 Å². The number of aromatic amines is 1. The number of rotatable bonds is 2. The lowest BCUT2D eigenvalue weighted by Gasteiger charge is -2.36. The standard InChI is InChI=1S/C20H29N3O/c1-19(2,3)13-20(4,5)22-18(24)23-11-10-15-14-8-6-7-9-16(14)21-17(15)12-23/h6-9,21H,10-13H2,1-5H3,(H,22,24). The fraction of sp³-hybridized carbons (Fsp3) is 0.550. The molecule has 0 radical (unpaired) electrons. The van der Waals surface area contributed by atoms with Gasteiger partial charge >= 0.3 is 6.03 Å². The van der Waals surface area contributed by atoms with E-state index in [0.717, 1.165) is 24.9 Å². The Morgan fingerprint density at radius 2 is 1.92 bits per heavy atom. The topological polar surface area (TPSA) is 48.1 Å². The first-order valence-electron chi connectivity index (χ1n) is 8.80. The highest BCUT2D eigenvalue weighted by Crippen LogP contribution is 2.29. The van der Waals surface area contributed by atoms with Gasteiger partial charge in [-0.1, -0.05) is 39.0 Å². The van der Waals surface area contributed by atoms with Gasteiger partial charge in [0.05, 0.1) is 6.54 Å². The molecule has 130 valence electrons. The minimum absolute atomic E-state index is 0.0357. The first-order valence-corrected chi connectivity index (χ1v) is 8.80. The number of fused-ring (bicyclic) bond motifs is 3. The quantitative estimate of drug-likeness (QED) is 0.841. The molecule has 2 N–H and O–H groups in total. The van der Waals surface area contributed by atoms with E-state index in [4.69, 9.17) is 0 Å². The van der Waals surface area contributed by atoms with Crippen molar-refractivity contribution in [1.29, 1.82) is 0 Å². The molecular formula is C20H29N3O. The molecular weight excluding hydrogens is 298 g/mol. The molecule has 2 aromatic rings. The summed E-state index contributed by atoms with van der Waals surface area (Å²) < 4.78 is 0. The first-order chi connectivity index (χ1) is 11.1. The van der Waals surface area contributed by atoms with E-state index in [9.17, 15) is 4.79 Å². The third-order valence-electron chi connectivity index (χ3n) is 4.59. The van der Waals surface area contributed by atoms with Crippen LogP contribution in [0.15, 0.2) is 24.3 Å². The second kappa shape index (κ2) is 5.83. The van der Waals surface area contributed by atoms with Crippen LogP contribution in [0.2, 0.25) is 0 Å². The van der Waals surface area contributed by atoms with E-state index in [1.807, 2.05) is 11.0 Å². The fourth-order valence-corrected chi connectivity index (χ4v) is 4.10. The van der Waals surface area contributed by atoms with Crippen LogP contribution in [0.25, 0.3) is 10.9 Å². The van der Waals surface area contributed by atoms with Gasteiger partial charge in [-0.15, -0.1) is 0 Å².